The maximum absolute atomic E-state index is 9.76. The topological polar surface area (TPSA) is 45.6 Å². The van der Waals surface area contributed by atoms with Gasteiger partial charge in [0.2, 0.25) is 0 Å². The maximum atomic E-state index is 9.76. The average Bonchev–Trinajstić information content (AvgIpc) is 2.26. The predicted molar refractivity (Wildman–Crippen MR) is 80.3 cm³/mol. The van der Waals surface area contributed by atoms with E-state index in [4.69, 9.17) is 4.74 Å². The van der Waals surface area contributed by atoms with Crippen LogP contribution in [0.25, 0.3) is 0 Å². The van der Waals surface area contributed by atoms with Gasteiger partial charge in [0.05, 0.1) is 13.2 Å². The van der Waals surface area contributed by atoms with E-state index in [0.29, 0.717) is 4.60 Å². The van der Waals surface area contributed by atoms with E-state index in [-0.39, 0.29) is 39.7 Å². The molecule has 1 aliphatic heterocycles. The Morgan fingerprint density at radius 3 is 2.65 bits per heavy atom. The van der Waals surface area contributed by atoms with E-state index in [1.165, 1.54) is 0 Å². The van der Waals surface area contributed by atoms with Crippen LogP contribution in [0.1, 0.15) is 5.56 Å². The van der Waals surface area contributed by atoms with Crippen LogP contribution in [0.4, 0.5) is 0 Å². The SMILES string of the molecule is Br.Br.Oc1c(CN2CCOCC2)ccnc1Br. The van der Waals surface area contributed by atoms with Gasteiger partial charge in [0, 0.05) is 31.4 Å². The minimum Gasteiger partial charge on any atom is -0.505 e. The predicted octanol–water partition coefficient (Wildman–Crippen LogP) is 2.54. The first kappa shape index (κ1) is 17.3. The lowest BCUT2D eigenvalue weighted by molar-refractivity contribution is 0.0338. The van der Waals surface area contributed by atoms with E-state index in [0.717, 1.165) is 38.4 Å². The van der Waals surface area contributed by atoms with Crippen molar-refractivity contribution in [2.75, 3.05) is 26.3 Å². The summed E-state index contributed by atoms with van der Waals surface area (Å²) in [6.07, 6.45) is 1.69. The van der Waals surface area contributed by atoms with E-state index >= 15 is 0 Å². The van der Waals surface area contributed by atoms with Crippen molar-refractivity contribution in [3.8, 4) is 5.75 Å². The van der Waals surface area contributed by atoms with Crippen molar-refractivity contribution in [2.24, 2.45) is 0 Å². The first-order valence-electron chi connectivity index (χ1n) is 4.90. The molecule has 0 amide bonds. The molecule has 0 aliphatic carbocycles. The van der Waals surface area contributed by atoms with E-state index in [1.54, 1.807) is 6.20 Å². The molecule has 1 N–H and O–H groups in total. The summed E-state index contributed by atoms with van der Waals surface area (Å²) < 4.78 is 5.77. The van der Waals surface area contributed by atoms with Crippen molar-refractivity contribution in [2.45, 2.75) is 6.54 Å². The molecular weight excluding hydrogens is 420 g/mol. The van der Waals surface area contributed by atoms with E-state index in [9.17, 15) is 5.11 Å². The standard InChI is InChI=1S/C10H13BrN2O2.2BrH/c11-10-9(14)8(1-2-12-10)7-13-3-5-15-6-4-13;;/h1-2,14H,3-7H2;2*1H. The van der Waals surface area contributed by atoms with Crippen molar-refractivity contribution in [3.05, 3.63) is 22.4 Å². The number of hydrogen-bond acceptors (Lipinski definition) is 4. The minimum absolute atomic E-state index is 0. The Bertz CT molecular complexity index is 346. The molecule has 1 fully saturated rings. The van der Waals surface area contributed by atoms with Crippen LogP contribution in [0, 0.1) is 0 Å². The molecule has 0 unspecified atom stereocenters. The summed E-state index contributed by atoms with van der Waals surface area (Å²) in [4.78, 5) is 6.21. The largest absolute Gasteiger partial charge is 0.505 e. The molecule has 1 aromatic heterocycles. The Balaban J connectivity index is 0.00000128. The molecule has 1 aromatic rings. The third-order valence-electron chi connectivity index (χ3n) is 2.46. The van der Waals surface area contributed by atoms with Crippen molar-refractivity contribution in [1.82, 2.24) is 9.88 Å². The molecule has 0 spiro atoms. The van der Waals surface area contributed by atoms with Gasteiger partial charge >= 0.3 is 0 Å². The average molecular weight is 435 g/mol. The number of nitrogens with zero attached hydrogens (tertiary/aromatic N) is 2. The van der Waals surface area contributed by atoms with Gasteiger partial charge in [-0.25, -0.2) is 4.98 Å². The fourth-order valence-corrected chi connectivity index (χ4v) is 1.97. The summed E-state index contributed by atoms with van der Waals surface area (Å²) in [6, 6.07) is 1.84. The highest BCUT2D eigenvalue weighted by atomic mass is 79.9. The van der Waals surface area contributed by atoms with Gasteiger partial charge in [0.1, 0.15) is 4.60 Å². The zero-order valence-corrected chi connectivity index (χ0v) is 14.1. The van der Waals surface area contributed by atoms with Crippen molar-refractivity contribution in [3.63, 3.8) is 0 Å². The number of rotatable bonds is 2. The Labute approximate surface area is 130 Å². The van der Waals surface area contributed by atoms with Crippen LogP contribution in [-0.2, 0) is 11.3 Å². The molecule has 1 saturated heterocycles. The molecule has 0 saturated carbocycles. The molecule has 2 rings (SSSR count). The van der Waals surface area contributed by atoms with Gasteiger partial charge in [0.15, 0.2) is 5.75 Å². The zero-order chi connectivity index (χ0) is 10.7. The number of aromatic nitrogens is 1. The van der Waals surface area contributed by atoms with E-state index < -0.39 is 0 Å². The van der Waals surface area contributed by atoms with Crippen LogP contribution < -0.4 is 0 Å². The molecule has 0 radical (unpaired) electrons. The summed E-state index contributed by atoms with van der Waals surface area (Å²) in [5.41, 5.74) is 0.902. The van der Waals surface area contributed by atoms with Gasteiger partial charge in [-0.2, -0.15) is 0 Å². The summed E-state index contributed by atoms with van der Waals surface area (Å²) in [5, 5.41) is 9.76. The number of hydrogen-bond donors (Lipinski definition) is 1. The molecule has 1 aliphatic rings. The number of pyridine rings is 1. The molecule has 4 nitrogen and oxygen atoms in total. The highest BCUT2D eigenvalue weighted by Gasteiger charge is 2.13. The van der Waals surface area contributed by atoms with E-state index in [1.807, 2.05) is 6.07 Å². The van der Waals surface area contributed by atoms with Gasteiger partial charge in [-0.1, -0.05) is 0 Å². The lowest BCUT2D eigenvalue weighted by Crippen LogP contribution is -2.35. The number of morpholine rings is 1. The monoisotopic (exact) mass is 432 g/mol. The zero-order valence-electron chi connectivity index (χ0n) is 9.13. The molecule has 98 valence electrons. The summed E-state index contributed by atoms with van der Waals surface area (Å²) in [7, 11) is 0. The lowest BCUT2D eigenvalue weighted by Gasteiger charge is -2.26. The smallest absolute Gasteiger partial charge is 0.152 e. The normalized spacial score (nSPS) is 15.8. The van der Waals surface area contributed by atoms with Crippen LogP contribution >= 0.6 is 49.9 Å². The molecule has 0 bridgehead atoms. The van der Waals surface area contributed by atoms with Crippen molar-refractivity contribution in [1.29, 1.82) is 0 Å². The summed E-state index contributed by atoms with van der Waals surface area (Å²) in [5.74, 6) is 0.240. The summed E-state index contributed by atoms with van der Waals surface area (Å²) >= 11 is 3.21. The van der Waals surface area contributed by atoms with Crippen LogP contribution in [-0.4, -0.2) is 41.3 Å². The van der Waals surface area contributed by atoms with Gasteiger partial charge in [-0.05, 0) is 22.0 Å². The second-order valence-corrected chi connectivity index (χ2v) is 4.25. The fourth-order valence-electron chi connectivity index (χ4n) is 1.59. The summed E-state index contributed by atoms with van der Waals surface area (Å²) in [6.45, 7) is 4.12. The van der Waals surface area contributed by atoms with Crippen LogP contribution in [0.15, 0.2) is 16.9 Å². The van der Waals surface area contributed by atoms with E-state index in [2.05, 4.69) is 25.8 Å². The first-order valence-corrected chi connectivity index (χ1v) is 5.69. The fraction of sp³-hybridized carbons (Fsp3) is 0.500. The van der Waals surface area contributed by atoms with Crippen LogP contribution in [0.5, 0.6) is 5.75 Å². The van der Waals surface area contributed by atoms with Gasteiger partial charge in [-0.3, -0.25) is 4.90 Å². The van der Waals surface area contributed by atoms with Gasteiger partial charge in [0.25, 0.3) is 0 Å². The second-order valence-electron chi connectivity index (χ2n) is 3.50. The third-order valence-corrected chi connectivity index (χ3v) is 3.04. The molecule has 0 atom stereocenters. The van der Waals surface area contributed by atoms with Crippen LogP contribution in [0.3, 0.4) is 0 Å². The Hall–Kier alpha value is 0.310. The molecule has 2 heterocycles. The van der Waals surface area contributed by atoms with Crippen molar-refractivity contribution >= 4 is 49.9 Å². The quantitative estimate of drug-likeness (QED) is 0.727. The van der Waals surface area contributed by atoms with Gasteiger partial charge < -0.3 is 9.84 Å². The Morgan fingerprint density at radius 2 is 2.00 bits per heavy atom. The second kappa shape index (κ2) is 8.42. The van der Waals surface area contributed by atoms with Gasteiger partial charge in [-0.15, -0.1) is 34.0 Å². The highest BCUT2D eigenvalue weighted by molar-refractivity contribution is 9.10. The number of halogens is 3. The minimum atomic E-state index is 0. The molecule has 7 heteroatoms. The van der Waals surface area contributed by atoms with Crippen LogP contribution in [0.2, 0.25) is 0 Å². The maximum Gasteiger partial charge on any atom is 0.152 e. The Kier molecular flexibility index (Phi) is 8.57. The number of ether oxygens (including phenoxy) is 1. The Morgan fingerprint density at radius 1 is 1.35 bits per heavy atom. The molecule has 17 heavy (non-hydrogen) atoms. The number of aromatic hydroxyl groups is 1. The third kappa shape index (κ3) is 4.82. The molecule has 0 aromatic carbocycles. The lowest BCUT2D eigenvalue weighted by atomic mass is 10.2. The highest BCUT2D eigenvalue weighted by Crippen LogP contribution is 2.26. The van der Waals surface area contributed by atoms with Crippen molar-refractivity contribution < 1.29 is 9.84 Å². The first-order chi connectivity index (χ1) is 7.27. The molecular formula is C10H15Br3N2O2.